The number of oxime groups is 1. The molecule has 116 valence electrons. The molecule has 0 spiro atoms. The Morgan fingerprint density at radius 1 is 1.48 bits per heavy atom. The Balaban J connectivity index is 1.94. The van der Waals surface area contributed by atoms with Crippen molar-refractivity contribution in [2.24, 2.45) is 16.8 Å². The molecule has 21 heavy (non-hydrogen) atoms. The highest BCUT2D eigenvalue weighted by molar-refractivity contribution is 5.99. The Kier molecular flexibility index (Phi) is 5.41. The molecule has 0 saturated heterocycles. The molecule has 0 amide bonds. The van der Waals surface area contributed by atoms with E-state index in [2.05, 4.69) is 10.5 Å². The van der Waals surface area contributed by atoms with Crippen LogP contribution in [0.5, 0.6) is 5.75 Å². The summed E-state index contributed by atoms with van der Waals surface area (Å²) in [5.74, 6) is 0.953. The smallest absolute Gasteiger partial charge is 0.173 e. The van der Waals surface area contributed by atoms with Crippen molar-refractivity contribution in [2.45, 2.75) is 31.9 Å². The van der Waals surface area contributed by atoms with Crippen LogP contribution in [0.25, 0.3) is 0 Å². The van der Waals surface area contributed by atoms with E-state index in [9.17, 15) is 5.11 Å². The number of ether oxygens (including phenoxy) is 1. The van der Waals surface area contributed by atoms with Crippen LogP contribution in [-0.4, -0.2) is 35.9 Å². The maximum atomic E-state index is 9.78. The van der Waals surface area contributed by atoms with Crippen molar-refractivity contribution < 1.29 is 15.1 Å². The average Bonchev–Trinajstić information content (AvgIpc) is 2.91. The fourth-order valence-corrected chi connectivity index (χ4v) is 2.77. The van der Waals surface area contributed by atoms with Crippen molar-refractivity contribution in [3.05, 3.63) is 29.3 Å². The second-order valence-corrected chi connectivity index (χ2v) is 5.41. The zero-order valence-corrected chi connectivity index (χ0v) is 12.2. The zero-order valence-electron chi connectivity index (χ0n) is 12.2. The van der Waals surface area contributed by atoms with E-state index >= 15 is 0 Å². The molecule has 0 heterocycles. The number of nitrogens with two attached hydrogens (primary N) is 1. The lowest BCUT2D eigenvalue weighted by Gasteiger charge is -2.15. The normalized spacial score (nSPS) is 22.5. The van der Waals surface area contributed by atoms with Gasteiger partial charge in [0.2, 0.25) is 0 Å². The Labute approximate surface area is 124 Å². The first kappa shape index (κ1) is 15.6. The number of nitrogens with one attached hydrogen (secondary N) is 1. The minimum atomic E-state index is -0.171. The lowest BCUT2D eigenvalue weighted by Crippen LogP contribution is -2.27. The summed E-state index contributed by atoms with van der Waals surface area (Å²) in [7, 11) is 1.55. The van der Waals surface area contributed by atoms with Gasteiger partial charge in [-0.15, -0.1) is 0 Å². The summed E-state index contributed by atoms with van der Waals surface area (Å²) in [5.41, 5.74) is 7.21. The van der Waals surface area contributed by atoms with Gasteiger partial charge in [0.1, 0.15) is 5.75 Å². The first-order valence-electron chi connectivity index (χ1n) is 7.19. The van der Waals surface area contributed by atoms with E-state index < -0.39 is 0 Å². The molecule has 0 bridgehead atoms. The number of methoxy groups -OCH3 is 1. The van der Waals surface area contributed by atoms with Gasteiger partial charge in [-0.3, -0.25) is 0 Å². The molecule has 2 atom stereocenters. The minimum Gasteiger partial charge on any atom is -0.496 e. The maximum absolute atomic E-state index is 9.78. The van der Waals surface area contributed by atoms with Gasteiger partial charge in [-0.05, 0) is 36.5 Å². The molecule has 2 unspecified atom stereocenters. The molecule has 6 heteroatoms. The van der Waals surface area contributed by atoms with Gasteiger partial charge in [-0.2, -0.15) is 0 Å². The quantitative estimate of drug-likeness (QED) is 0.272. The van der Waals surface area contributed by atoms with Gasteiger partial charge in [0, 0.05) is 13.1 Å². The number of aliphatic hydroxyl groups is 1. The van der Waals surface area contributed by atoms with Crippen LogP contribution in [0.15, 0.2) is 23.4 Å². The fourth-order valence-electron chi connectivity index (χ4n) is 2.77. The monoisotopic (exact) mass is 293 g/mol. The van der Waals surface area contributed by atoms with Crippen LogP contribution in [0.1, 0.15) is 30.4 Å². The maximum Gasteiger partial charge on any atom is 0.173 e. The Morgan fingerprint density at radius 3 is 2.90 bits per heavy atom. The molecule has 0 aliphatic heterocycles. The van der Waals surface area contributed by atoms with Crippen molar-refractivity contribution in [3.8, 4) is 5.75 Å². The second-order valence-electron chi connectivity index (χ2n) is 5.41. The number of aliphatic hydroxyl groups excluding tert-OH is 1. The number of nitrogens with zero attached hydrogens (tertiary/aromatic N) is 1. The van der Waals surface area contributed by atoms with E-state index in [-0.39, 0.29) is 11.9 Å². The van der Waals surface area contributed by atoms with Gasteiger partial charge in [0.05, 0.1) is 18.8 Å². The van der Waals surface area contributed by atoms with Crippen molar-refractivity contribution in [1.82, 2.24) is 5.32 Å². The number of amidine groups is 1. The summed E-state index contributed by atoms with van der Waals surface area (Å²) in [4.78, 5) is 0. The Morgan fingerprint density at radius 2 is 2.29 bits per heavy atom. The highest BCUT2D eigenvalue weighted by atomic mass is 16.5. The molecule has 6 nitrogen and oxygen atoms in total. The van der Waals surface area contributed by atoms with Crippen LogP contribution in [0, 0.1) is 5.92 Å². The third kappa shape index (κ3) is 3.86. The molecule has 1 saturated carbocycles. The highest BCUT2D eigenvalue weighted by Gasteiger charge is 2.24. The van der Waals surface area contributed by atoms with Crippen LogP contribution < -0.4 is 15.8 Å². The number of hydrogen-bond donors (Lipinski definition) is 4. The van der Waals surface area contributed by atoms with Crippen molar-refractivity contribution >= 4 is 5.84 Å². The first-order chi connectivity index (χ1) is 10.2. The lowest BCUT2D eigenvalue weighted by molar-refractivity contribution is 0.131. The van der Waals surface area contributed by atoms with Gasteiger partial charge in [-0.25, -0.2) is 0 Å². The molecule has 1 aromatic rings. The molecule has 1 fully saturated rings. The first-order valence-corrected chi connectivity index (χ1v) is 7.19. The summed E-state index contributed by atoms with van der Waals surface area (Å²) in [5, 5.41) is 24.9. The molecule has 2 rings (SSSR count). The predicted octanol–water partition coefficient (Wildman–Crippen LogP) is 1.04. The van der Waals surface area contributed by atoms with Gasteiger partial charge >= 0.3 is 0 Å². The number of benzene rings is 1. The Bertz CT molecular complexity index is 505. The zero-order chi connectivity index (χ0) is 15.2. The summed E-state index contributed by atoms with van der Waals surface area (Å²) in [6, 6.07) is 5.55. The minimum absolute atomic E-state index is 0.0282. The number of hydrogen-bond acceptors (Lipinski definition) is 5. The van der Waals surface area contributed by atoms with E-state index in [0.29, 0.717) is 23.8 Å². The SMILES string of the molecule is COc1cc(CNCC2CCCC2O)ccc1/C(N)=N/O. The molecule has 1 aliphatic carbocycles. The molecular formula is C15H23N3O3. The topological polar surface area (TPSA) is 100 Å². The van der Waals surface area contributed by atoms with Gasteiger partial charge in [0.25, 0.3) is 0 Å². The molecule has 5 N–H and O–H groups in total. The van der Waals surface area contributed by atoms with Crippen LogP contribution in [0.4, 0.5) is 0 Å². The van der Waals surface area contributed by atoms with Crippen LogP contribution in [-0.2, 0) is 6.54 Å². The third-order valence-corrected chi connectivity index (χ3v) is 4.00. The molecule has 1 aromatic carbocycles. The Hall–Kier alpha value is -1.79. The summed E-state index contributed by atoms with van der Waals surface area (Å²) in [6.45, 7) is 1.50. The summed E-state index contributed by atoms with van der Waals surface area (Å²) in [6.07, 6.45) is 2.93. The van der Waals surface area contributed by atoms with Crippen molar-refractivity contribution in [1.29, 1.82) is 0 Å². The number of rotatable bonds is 6. The van der Waals surface area contributed by atoms with E-state index in [1.807, 2.05) is 12.1 Å². The van der Waals surface area contributed by atoms with E-state index in [4.69, 9.17) is 15.7 Å². The van der Waals surface area contributed by atoms with E-state index in [0.717, 1.165) is 31.4 Å². The molecule has 0 aromatic heterocycles. The predicted molar refractivity (Wildman–Crippen MR) is 80.6 cm³/mol. The summed E-state index contributed by atoms with van der Waals surface area (Å²) >= 11 is 0. The largest absolute Gasteiger partial charge is 0.496 e. The fraction of sp³-hybridized carbons (Fsp3) is 0.533. The van der Waals surface area contributed by atoms with Gasteiger partial charge in [-0.1, -0.05) is 17.6 Å². The molecular weight excluding hydrogens is 270 g/mol. The highest BCUT2D eigenvalue weighted by Crippen LogP contribution is 2.25. The van der Waals surface area contributed by atoms with Crippen LogP contribution in [0.2, 0.25) is 0 Å². The van der Waals surface area contributed by atoms with Crippen molar-refractivity contribution in [3.63, 3.8) is 0 Å². The van der Waals surface area contributed by atoms with Crippen molar-refractivity contribution in [2.75, 3.05) is 13.7 Å². The van der Waals surface area contributed by atoms with Gasteiger partial charge < -0.3 is 26.1 Å². The third-order valence-electron chi connectivity index (χ3n) is 4.00. The second kappa shape index (κ2) is 7.28. The molecule has 0 radical (unpaired) electrons. The van der Waals surface area contributed by atoms with E-state index in [1.165, 1.54) is 0 Å². The molecule has 1 aliphatic rings. The standard InChI is InChI=1S/C15H23N3O3/c1-21-14-7-10(5-6-12(14)15(16)18-20)8-17-9-11-3-2-4-13(11)19/h5-7,11,13,17,19-20H,2-4,8-9H2,1H3,(H2,16,18). The van der Waals surface area contributed by atoms with Gasteiger partial charge in [0.15, 0.2) is 5.84 Å². The summed E-state index contributed by atoms with van der Waals surface area (Å²) < 4.78 is 5.27. The van der Waals surface area contributed by atoms with Crippen LogP contribution in [0.3, 0.4) is 0 Å². The lowest BCUT2D eigenvalue weighted by atomic mass is 10.1. The van der Waals surface area contributed by atoms with E-state index in [1.54, 1.807) is 13.2 Å². The average molecular weight is 293 g/mol. The van der Waals surface area contributed by atoms with Crippen LogP contribution >= 0.6 is 0 Å².